The third kappa shape index (κ3) is 2.02. The summed E-state index contributed by atoms with van der Waals surface area (Å²) in [7, 11) is 1.99. The number of likely N-dealkylation sites (N-methyl/N-ethyl adjacent to an activating group) is 1. The molecule has 2 nitrogen and oxygen atoms in total. The van der Waals surface area contributed by atoms with Crippen LogP contribution in [0.15, 0.2) is 28.9 Å². The van der Waals surface area contributed by atoms with Crippen LogP contribution in [0.25, 0.3) is 10.9 Å². The van der Waals surface area contributed by atoms with Crippen LogP contribution in [0, 0.1) is 0 Å². The first-order valence-electron chi connectivity index (χ1n) is 5.68. The van der Waals surface area contributed by atoms with Gasteiger partial charge in [-0.3, -0.25) is 0 Å². The molecule has 1 N–H and O–H groups in total. The van der Waals surface area contributed by atoms with E-state index in [0.29, 0.717) is 0 Å². The normalized spacial score (nSPS) is 11.2. The van der Waals surface area contributed by atoms with Gasteiger partial charge in [-0.15, -0.1) is 0 Å². The highest BCUT2D eigenvalue weighted by Gasteiger charge is 2.09. The maximum absolute atomic E-state index is 3.65. The molecular weight excluding hydrogens is 264 g/mol. The highest BCUT2D eigenvalue weighted by atomic mass is 79.9. The van der Waals surface area contributed by atoms with Crippen molar-refractivity contribution in [3.8, 4) is 0 Å². The van der Waals surface area contributed by atoms with Crippen LogP contribution in [0.3, 0.4) is 0 Å². The van der Waals surface area contributed by atoms with Crippen molar-refractivity contribution in [3.63, 3.8) is 0 Å². The van der Waals surface area contributed by atoms with Crippen molar-refractivity contribution >= 4 is 26.8 Å². The number of hydrogen-bond acceptors (Lipinski definition) is 1. The van der Waals surface area contributed by atoms with Gasteiger partial charge in [0.1, 0.15) is 0 Å². The summed E-state index contributed by atoms with van der Waals surface area (Å²) in [6.45, 7) is 4.22. The average Bonchev–Trinajstić information content (AvgIpc) is 2.66. The first-order chi connectivity index (χ1) is 7.77. The Morgan fingerprint density at radius 3 is 2.88 bits per heavy atom. The maximum atomic E-state index is 3.65. The smallest absolute Gasteiger partial charge is 0.0494 e. The van der Waals surface area contributed by atoms with Crippen LogP contribution in [0.5, 0.6) is 0 Å². The number of aryl methyl sites for hydroxylation is 1. The molecule has 3 heteroatoms. The Morgan fingerprint density at radius 1 is 1.38 bits per heavy atom. The summed E-state index contributed by atoms with van der Waals surface area (Å²) < 4.78 is 3.51. The molecule has 0 aliphatic rings. The van der Waals surface area contributed by atoms with Crippen LogP contribution >= 0.6 is 15.9 Å². The van der Waals surface area contributed by atoms with Gasteiger partial charge in [-0.05, 0) is 44.6 Å². The second kappa shape index (κ2) is 5.02. The summed E-state index contributed by atoms with van der Waals surface area (Å²) in [5.41, 5.74) is 2.74. The van der Waals surface area contributed by atoms with Gasteiger partial charge in [0, 0.05) is 28.1 Å². The Labute approximate surface area is 105 Å². The van der Waals surface area contributed by atoms with Crippen LogP contribution in [-0.4, -0.2) is 18.2 Å². The Morgan fingerprint density at radius 2 is 2.19 bits per heavy atom. The van der Waals surface area contributed by atoms with Gasteiger partial charge in [0.15, 0.2) is 0 Å². The molecule has 86 valence electrons. The third-order valence-electron chi connectivity index (χ3n) is 2.92. The predicted molar refractivity (Wildman–Crippen MR) is 72.9 cm³/mol. The van der Waals surface area contributed by atoms with E-state index >= 15 is 0 Å². The van der Waals surface area contributed by atoms with Crippen molar-refractivity contribution in [1.29, 1.82) is 0 Å². The lowest BCUT2D eigenvalue weighted by molar-refractivity contribution is 0.770. The quantitative estimate of drug-likeness (QED) is 0.910. The zero-order valence-corrected chi connectivity index (χ0v) is 11.3. The van der Waals surface area contributed by atoms with E-state index in [1.54, 1.807) is 0 Å². The molecule has 2 rings (SSSR count). The van der Waals surface area contributed by atoms with Crippen molar-refractivity contribution in [1.82, 2.24) is 9.88 Å². The Hall–Kier alpha value is -0.800. The van der Waals surface area contributed by atoms with E-state index < -0.39 is 0 Å². The van der Waals surface area contributed by atoms with Crippen LogP contribution in [0.4, 0.5) is 0 Å². The Kier molecular flexibility index (Phi) is 3.66. The van der Waals surface area contributed by atoms with E-state index in [2.05, 4.69) is 57.1 Å². The van der Waals surface area contributed by atoms with Gasteiger partial charge in [-0.2, -0.15) is 0 Å². The van der Waals surface area contributed by atoms with E-state index in [-0.39, 0.29) is 0 Å². The summed E-state index contributed by atoms with van der Waals surface area (Å²) in [4.78, 5) is 0. The molecule has 2 aromatic rings. The second-order valence-electron chi connectivity index (χ2n) is 3.93. The van der Waals surface area contributed by atoms with Gasteiger partial charge in [-0.1, -0.05) is 22.0 Å². The highest BCUT2D eigenvalue weighted by Crippen LogP contribution is 2.29. The first-order valence-corrected chi connectivity index (χ1v) is 6.48. The number of benzene rings is 1. The van der Waals surface area contributed by atoms with E-state index in [1.807, 2.05) is 7.05 Å². The zero-order chi connectivity index (χ0) is 11.5. The van der Waals surface area contributed by atoms with Gasteiger partial charge in [0.2, 0.25) is 0 Å². The fourth-order valence-corrected chi connectivity index (χ4v) is 2.71. The lowest BCUT2D eigenvalue weighted by Gasteiger charge is -2.01. The topological polar surface area (TPSA) is 17.0 Å². The molecule has 0 amide bonds. The number of aromatic nitrogens is 1. The van der Waals surface area contributed by atoms with Crippen molar-refractivity contribution in [2.75, 3.05) is 13.6 Å². The van der Waals surface area contributed by atoms with E-state index in [9.17, 15) is 0 Å². The fourth-order valence-electron chi connectivity index (χ4n) is 2.10. The molecular formula is C13H17BrN2. The molecule has 1 aromatic heterocycles. The summed E-state index contributed by atoms with van der Waals surface area (Å²) >= 11 is 3.65. The van der Waals surface area contributed by atoms with Crippen molar-refractivity contribution < 1.29 is 0 Å². The monoisotopic (exact) mass is 280 g/mol. The molecule has 0 radical (unpaired) electrons. The SMILES string of the molecule is CCn1cc(CCNC)c2c(Br)cccc21. The molecule has 0 saturated heterocycles. The highest BCUT2D eigenvalue weighted by molar-refractivity contribution is 9.10. The van der Waals surface area contributed by atoms with Crippen LogP contribution < -0.4 is 5.32 Å². The minimum atomic E-state index is 1.02. The zero-order valence-electron chi connectivity index (χ0n) is 9.76. The van der Waals surface area contributed by atoms with Gasteiger partial charge in [0.25, 0.3) is 0 Å². The van der Waals surface area contributed by atoms with Crippen LogP contribution in [0.2, 0.25) is 0 Å². The number of nitrogens with one attached hydrogen (secondary N) is 1. The molecule has 1 heterocycles. The fraction of sp³-hybridized carbons (Fsp3) is 0.385. The number of nitrogens with zero attached hydrogens (tertiary/aromatic N) is 1. The average molecular weight is 281 g/mol. The molecule has 0 unspecified atom stereocenters. The lowest BCUT2D eigenvalue weighted by Crippen LogP contribution is -2.10. The number of hydrogen-bond donors (Lipinski definition) is 1. The van der Waals surface area contributed by atoms with Gasteiger partial charge < -0.3 is 9.88 Å². The lowest BCUT2D eigenvalue weighted by atomic mass is 10.1. The summed E-state index contributed by atoms with van der Waals surface area (Å²) in [5, 5.41) is 4.56. The summed E-state index contributed by atoms with van der Waals surface area (Å²) in [6, 6.07) is 6.40. The molecule has 0 aliphatic heterocycles. The molecule has 1 aromatic carbocycles. The summed E-state index contributed by atoms with van der Waals surface area (Å²) in [6.07, 6.45) is 3.34. The molecule has 0 aliphatic carbocycles. The molecule has 0 fully saturated rings. The molecule has 16 heavy (non-hydrogen) atoms. The standard InChI is InChI=1S/C13H17BrN2/c1-3-16-9-10(7-8-15-2)13-11(14)5-4-6-12(13)16/h4-6,9,15H,3,7-8H2,1-2H3. The van der Waals surface area contributed by atoms with E-state index in [1.165, 1.54) is 20.9 Å². The molecule has 0 saturated carbocycles. The van der Waals surface area contributed by atoms with Crippen LogP contribution in [0.1, 0.15) is 12.5 Å². The second-order valence-corrected chi connectivity index (χ2v) is 4.78. The maximum Gasteiger partial charge on any atom is 0.0494 e. The molecule has 0 bridgehead atoms. The largest absolute Gasteiger partial charge is 0.347 e. The van der Waals surface area contributed by atoms with Gasteiger partial charge in [0.05, 0.1) is 0 Å². The third-order valence-corrected chi connectivity index (χ3v) is 3.58. The van der Waals surface area contributed by atoms with Crippen molar-refractivity contribution in [2.24, 2.45) is 0 Å². The minimum absolute atomic E-state index is 1.02. The van der Waals surface area contributed by atoms with Gasteiger partial charge in [-0.25, -0.2) is 0 Å². The van der Waals surface area contributed by atoms with E-state index in [0.717, 1.165) is 19.5 Å². The number of fused-ring (bicyclic) bond motifs is 1. The van der Waals surface area contributed by atoms with Gasteiger partial charge >= 0.3 is 0 Å². The Bertz CT molecular complexity index is 488. The molecule has 0 spiro atoms. The predicted octanol–water partition coefficient (Wildman–Crippen LogP) is 3.19. The van der Waals surface area contributed by atoms with E-state index in [4.69, 9.17) is 0 Å². The molecule has 0 atom stereocenters. The first kappa shape index (κ1) is 11.7. The van der Waals surface area contributed by atoms with Crippen molar-refractivity contribution in [2.45, 2.75) is 19.9 Å². The Balaban J connectivity index is 2.55. The number of rotatable bonds is 4. The summed E-state index contributed by atoms with van der Waals surface area (Å²) in [5.74, 6) is 0. The minimum Gasteiger partial charge on any atom is -0.347 e. The van der Waals surface area contributed by atoms with Crippen LogP contribution in [-0.2, 0) is 13.0 Å². The number of halogens is 1. The van der Waals surface area contributed by atoms with Crippen molar-refractivity contribution in [3.05, 3.63) is 34.4 Å².